The zero-order valence-electron chi connectivity index (χ0n) is 65.0. The molecule has 9 heteroatoms. The number of hydrogen-bond donors (Lipinski definition) is 0. The second-order valence-corrected chi connectivity index (χ2v) is 30.6. The van der Waals surface area contributed by atoms with Gasteiger partial charge in [0.05, 0.1) is 66.9 Å². The summed E-state index contributed by atoms with van der Waals surface area (Å²) in [4.78, 5) is 25.2. The maximum atomic E-state index is 5.14. The van der Waals surface area contributed by atoms with Gasteiger partial charge in [-0.25, -0.2) is 24.9 Å². The van der Waals surface area contributed by atoms with E-state index in [1.165, 1.54) is 104 Å². The Balaban J connectivity index is 0.000000140. The lowest BCUT2D eigenvalue weighted by atomic mass is 10.0. The minimum absolute atomic E-state index is 0.637. The molecular formula is C111H71N9. The lowest BCUT2D eigenvalue weighted by Gasteiger charge is -2.14. The van der Waals surface area contributed by atoms with E-state index in [-0.39, 0.29) is 0 Å². The van der Waals surface area contributed by atoms with Gasteiger partial charge < -0.3 is 18.3 Å². The van der Waals surface area contributed by atoms with Crippen molar-refractivity contribution >= 4 is 109 Å². The number of aromatic nitrogens is 9. The van der Waals surface area contributed by atoms with Gasteiger partial charge in [-0.3, -0.25) is 0 Å². The fourth-order valence-electron chi connectivity index (χ4n) is 18.2. The van der Waals surface area contributed by atoms with Gasteiger partial charge in [-0.2, -0.15) is 0 Å². The Morgan fingerprint density at radius 2 is 0.475 bits per heavy atom. The normalized spacial score (nSPS) is 11.7. The molecule has 6 aromatic heterocycles. The van der Waals surface area contributed by atoms with E-state index in [1.54, 1.807) is 0 Å². The van der Waals surface area contributed by atoms with Crippen molar-refractivity contribution < 1.29 is 0 Å². The minimum Gasteiger partial charge on any atom is -0.309 e. The third kappa shape index (κ3) is 11.8. The van der Waals surface area contributed by atoms with Crippen LogP contribution in [0.1, 0.15) is 0 Å². The van der Waals surface area contributed by atoms with Gasteiger partial charge in [-0.05, 0) is 124 Å². The summed E-state index contributed by atoms with van der Waals surface area (Å²) in [5, 5.41) is 14.4. The molecule has 0 aliphatic heterocycles. The molecule has 0 unspecified atom stereocenters. The van der Waals surface area contributed by atoms with Crippen LogP contribution in [0.4, 0.5) is 0 Å². The van der Waals surface area contributed by atoms with E-state index in [0.717, 1.165) is 94.7 Å². The molecule has 120 heavy (non-hydrogen) atoms. The van der Waals surface area contributed by atoms with Gasteiger partial charge in [0, 0.05) is 98.6 Å². The molecule has 0 saturated heterocycles. The first kappa shape index (κ1) is 69.3. The monoisotopic (exact) mass is 1530 g/mol. The zero-order valence-corrected chi connectivity index (χ0v) is 65.0. The summed E-state index contributed by atoms with van der Waals surface area (Å²) in [6.45, 7) is 0. The van der Waals surface area contributed by atoms with E-state index in [2.05, 4.69) is 364 Å². The number of fused-ring (bicyclic) bond motifs is 16. The summed E-state index contributed by atoms with van der Waals surface area (Å²) in [5.74, 6) is 2.64. The van der Waals surface area contributed by atoms with Crippen LogP contribution in [0.2, 0.25) is 0 Å². The largest absolute Gasteiger partial charge is 0.309 e. The Hall–Kier alpha value is -16.2. The van der Waals surface area contributed by atoms with Crippen LogP contribution in [-0.4, -0.2) is 43.2 Å². The summed E-state index contributed by atoms with van der Waals surface area (Å²) in [5.41, 5.74) is 26.4. The van der Waals surface area contributed by atoms with E-state index in [9.17, 15) is 0 Å². The molecule has 9 nitrogen and oxygen atoms in total. The topological polar surface area (TPSA) is 84.2 Å². The summed E-state index contributed by atoms with van der Waals surface area (Å²) >= 11 is 0. The summed E-state index contributed by atoms with van der Waals surface area (Å²) < 4.78 is 9.84. The maximum Gasteiger partial charge on any atom is 0.164 e. The van der Waals surface area contributed by atoms with Crippen molar-refractivity contribution in [3.05, 3.63) is 431 Å². The van der Waals surface area contributed by atoms with Crippen molar-refractivity contribution in [2.75, 3.05) is 0 Å². The van der Waals surface area contributed by atoms with Crippen molar-refractivity contribution in [1.82, 2.24) is 43.2 Å². The first-order chi connectivity index (χ1) is 59.5. The van der Waals surface area contributed by atoms with Gasteiger partial charge in [0.1, 0.15) is 0 Å². The number of nitrogens with zero attached hydrogens (tertiary/aromatic N) is 9. The van der Waals surface area contributed by atoms with Crippen molar-refractivity contribution in [2.45, 2.75) is 0 Å². The summed E-state index contributed by atoms with van der Waals surface area (Å²) in [7, 11) is 0. The van der Waals surface area contributed by atoms with Gasteiger partial charge in [0.25, 0.3) is 0 Å². The smallest absolute Gasteiger partial charge is 0.164 e. The Kier molecular flexibility index (Phi) is 16.7. The van der Waals surface area contributed by atoms with E-state index < -0.39 is 0 Å². The van der Waals surface area contributed by atoms with Crippen LogP contribution in [-0.2, 0) is 0 Å². The van der Waals surface area contributed by atoms with Crippen LogP contribution >= 0.6 is 0 Å². The maximum absolute atomic E-state index is 5.14. The van der Waals surface area contributed by atoms with E-state index in [0.29, 0.717) is 23.3 Å². The molecule has 0 saturated carbocycles. The molecule has 560 valence electrons. The zero-order chi connectivity index (χ0) is 79.1. The third-order valence-electron chi connectivity index (χ3n) is 23.6. The molecule has 0 N–H and O–H groups in total. The van der Waals surface area contributed by atoms with E-state index >= 15 is 0 Å². The first-order valence-electron chi connectivity index (χ1n) is 40.7. The van der Waals surface area contributed by atoms with Crippen LogP contribution in [0.5, 0.6) is 0 Å². The van der Waals surface area contributed by atoms with Crippen molar-refractivity contribution in [3.8, 4) is 113 Å². The standard InChI is InChI=1S/C56H36N4.C55H35N5/c1-4-16-37(17-5-1)40-22-14-24-43(35-40)59-51-27-12-10-25-45(51)46-32-33-53-54(55(46)59)47-26-11-13-28-52(47)60(53)50-29-15-23-41-34-42(30-31-44(41)50)49-36-48(38-18-6-2-7-19-38)57-56(58-49)39-20-8-3-9-21-39;1-4-16-36(17-5-1)39-22-14-24-42(35-39)59-48-27-12-10-25-44(48)45-32-33-50-51(52(45)59)46-26-11-13-28-49(46)60(50)47-29-15-23-40-34-41(30-31-43(40)47)55-57-53(37-18-6-2-7-19-37)56-54(58-55)38-20-8-3-9-21-38/h1-36H;1-35H. The first-order valence-corrected chi connectivity index (χ1v) is 40.7. The fraction of sp³-hybridized carbons (Fsp3) is 0. The second kappa shape index (κ2) is 28.9. The van der Waals surface area contributed by atoms with Crippen LogP contribution < -0.4 is 0 Å². The van der Waals surface area contributed by atoms with Gasteiger partial charge in [-0.15, -0.1) is 0 Å². The van der Waals surface area contributed by atoms with Crippen molar-refractivity contribution in [2.24, 2.45) is 0 Å². The molecule has 0 radical (unpaired) electrons. The Morgan fingerprint density at radius 3 is 0.908 bits per heavy atom. The molecule has 0 atom stereocenters. The molecule has 0 aliphatic carbocycles. The summed E-state index contributed by atoms with van der Waals surface area (Å²) in [6, 6.07) is 153. The highest BCUT2D eigenvalue weighted by atomic mass is 15.1. The number of rotatable bonds is 12. The molecule has 0 fully saturated rings. The van der Waals surface area contributed by atoms with Gasteiger partial charge in [-0.1, -0.05) is 340 Å². The van der Waals surface area contributed by atoms with Gasteiger partial charge in [0.2, 0.25) is 0 Å². The molecule has 6 heterocycles. The van der Waals surface area contributed by atoms with Crippen LogP contribution in [0.25, 0.3) is 222 Å². The highest BCUT2D eigenvalue weighted by Crippen LogP contribution is 2.47. The molecule has 0 amide bonds. The third-order valence-corrected chi connectivity index (χ3v) is 23.6. The number of benzene rings is 18. The van der Waals surface area contributed by atoms with Crippen molar-refractivity contribution in [1.29, 1.82) is 0 Å². The Morgan fingerprint density at radius 1 is 0.158 bits per heavy atom. The lowest BCUT2D eigenvalue weighted by Crippen LogP contribution is -2.00. The molecule has 24 rings (SSSR count). The van der Waals surface area contributed by atoms with E-state index in [4.69, 9.17) is 24.9 Å². The molecule has 0 spiro atoms. The minimum atomic E-state index is 0.637. The summed E-state index contributed by atoms with van der Waals surface area (Å²) in [6.07, 6.45) is 0. The molecule has 24 aromatic rings. The highest BCUT2D eigenvalue weighted by molar-refractivity contribution is 6.28. The Bertz CT molecular complexity index is 7540. The number of hydrogen-bond acceptors (Lipinski definition) is 5. The van der Waals surface area contributed by atoms with Crippen LogP contribution in [0.15, 0.2) is 431 Å². The van der Waals surface area contributed by atoms with Crippen molar-refractivity contribution in [3.63, 3.8) is 0 Å². The fourth-order valence-corrected chi connectivity index (χ4v) is 18.2. The average Bonchev–Trinajstić information content (AvgIpc) is 1.55. The molecule has 0 bridgehead atoms. The van der Waals surface area contributed by atoms with Crippen LogP contribution in [0, 0.1) is 0 Å². The predicted octanol–water partition coefficient (Wildman–Crippen LogP) is 28.4. The quantitative estimate of drug-likeness (QED) is 0.122. The number of para-hydroxylation sites is 4. The molecular weight excluding hydrogens is 1460 g/mol. The average molecular weight is 1530 g/mol. The lowest BCUT2D eigenvalue weighted by molar-refractivity contribution is 1.07. The Labute approximate surface area is 691 Å². The molecule has 0 aliphatic rings. The van der Waals surface area contributed by atoms with E-state index in [1.807, 2.05) is 84.9 Å². The predicted molar refractivity (Wildman–Crippen MR) is 498 cm³/mol. The van der Waals surface area contributed by atoms with Gasteiger partial charge in [0.15, 0.2) is 23.3 Å². The van der Waals surface area contributed by atoms with Gasteiger partial charge >= 0.3 is 0 Å². The SMILES string of the molecule is c1ccc(-c2cccc(-n3c4ccccc4c4ccc5c(c6ccccc6n5-c5cccc6cc(-c7cc(-c8ccccc8)nc(-c8ccccc8)n7)ccc56)c43)c2)cc1.c1ccc(-c2cccc(-n3c4ccccc4c4ccc5c(c6ccccc6n5-c5cccc6cc(-c7nc(-c8ccccc8)nc(-c8ccccc8)n7)ccc56)c43)c2)cc1. The van der Waals surface area contributed by atoms with Crippen LogP contribution in [0.3, 0.4) is 0 Å². The second-order valence-electron chi connectivity index (χ2n) is 30.6. The molecule has 18 aromatic carbocycles. The highest BCUT2D eigenvalue weighted by Gasteiger charge is 2.26.